The number of aryl methyl sites for hydroxylation is 2. The highest BCUT2D eigenvalue weighted by molar-refractivity contribution is 5.73. The van der Waals surface area contributed by atoms with Gasteiger partial charge in [0, 0.05) is 32.9 Å². The van der Waals surface area contributed by atoms with Gasteiger partial charge in [0.2, 0.25) is 11.8 Å². The van der Waals surface area contributed by atoms with Gasteiger partial charge in [-0.15, -0.1) is 0 Å². The number of aromatic nitrogens is 5. The second-order valence-corrected chi connectivity index (χ2v) is 6.87. The summed E-state index contributed by atoms with van der Waals surface area (Å²) in [6.45, 7) is 0.493. The van der Waals surface area contributed by atoms with E-state index in [0.717, 1.165) is 18.4 Å². The van der Waals surface area contributed by atoms with Gasteiger partial charge in [0.1, 0.15) is 6.10 Å². The van der Waals surface area contributed by atoms with Crippen LogP contribution in [0, 0.1) is 0 Å². The molecule has 3 heterocycles. The summed E-state index contributed by atoms with van der Waals surface area (Å²) in [7, 11) is 3.31. The molecule has 142 valence electrons. The van der Waals surface area contributed by atoms with Crippen molar-refractivity contribution in [2.45, 2.75) is 38.3 Å². The quantitative estimate of drug-likeness (QED) is 0.701. The summed E-state index contributed by atoms with van der Waals surface area (Å²) in [5, 5.41) is 3.21. The largest absolute Gasteiger partial charge is 0.474 e. The lowest BCUT2D eigenvalue weighted by molar-refractivity contribution is 0.201. The number of pyridine rings is 1. The Balaban J connectivity index is 1.54. The second-order valence-electron chi connectivity index (χ2n) is 6.87. The third-order valence-electron chi connectivity index (χ3n) is 4.97. The molecular weight excluding hydrogens is 348 g/mol. The predicted octanol–water partition coefficient (Wildman–Crippen LogP) is 1.29. The molecule has 3 aromatic heterocycles. The van der Waals surface area contributed by atoms with Crippen molar-refractivity contribution in [3.05, 3.63) is 44.7 Å². The molecule has 0 amide bonds. The topological polar surface area (TPSA) is 107 Å². The number of ether oxygens (including phenoxy) is 1. The minimum atomic E-state index is -0.486. The molecule has 0 aromatic carbocycles. The summed E-state index contributed by atoms with van der Waals surface area (Å²) in [5.41, 5.74) is 0.744. The lowest BCUT2D eigenvalue weighted by Gasteiger charge is -2.13. The average molecular weight is 370 g/mol. The van der Waals surface area contributed by atoms with Crippen LogP contribution in [0.1, 0.15) is 31.2 Å². The van der Waals surface area contributed by atoms with E-state index in [1.54, 1.807) is 24.9 Å². The molecule has 0 aliphatic heterocycles. The molecular formula is C18H22N6O3. The van der Waals surface area contributed by atoms with Gasteiger partial charge >= 0.3 is 5.69 Å². The van der Waals surface area contributed by atoms with Crippen LogP contribution in [0.4, 0.5) is 5.95 Å². The first-order valence-electron chi connectivity index (χ1n) is 9.04. The third-order valence-corrected chi connectivity index (χ3v) is 4.97. The van der Waals surface area contributed by atoms with Crippen LogP contribution in [0.25, 0.3) is 11.2 Å². The molecule has 1 aliphatic rings. The summed E-state index contributed by atoms with van der Waals surface area (Å²) >= 11 is 0. The van der Waals surface area contributed by atoms with Crippen LogP contribution in [-0.2, 0) is 20.6 Å². The first-order chi connectivity index (χ1) is 13.0. The number of fused-ring (bicyclic) bond motifs is 1. The zero-order valence-corrected chi connectivity index (χ0v) is 15.4. The molecule has 1 saturated carbocycles. The Morgan fingerprint density at radius 2 is 2.04 bits per heavy atom. The highest BCUT2D eigenvalue weighted by Crippen LogP contribution is 2.23. The fourth-order valence-electron chi connectivity index (χ4n) is 3.45. The van der Waals surface area contributed by atoms with Crippen LogP contribution in [0.5, 0.6) is 5.88 Å². The Hall–Kier alpha value is -3.10. The number of anilines is 1. The van der Waals surface area contributed by atoms with Crippen molar-refractivity contribution in [1.82, 2.24) is 24.1 Å². The van der Waals surface area contributed by atoms with Crippen molar-refractivity contribution in [2.75, 3.05) is 5.32 Å². The van der Waals surface area contributed by atoms with E-state index in [9.17, 15) is 9.59 Å². The number of H-pyrrole nitrogens is 1. The predicted molar refractivity (Wildman–Crippen MR) is 101 cm³/mol. The molecule has 9 nitrogen and oxygen atoms in total. The normalized spacial score (nSPS) is 14.7. The van der Waals surface area contributed by atoms with Gasteiger partial charge in [0.15, 0.2) is 11.2 Å². The van der Waals surface area contributed by atoms with Crippen LogP contribution in [0.3, 0.4) is 0 Å². The molecule has 0 unspecified atom stereocenters. The minimum Gasteiger partial charge on any atom is -0.474 e. The third kappa shape index (κ3) is 3.32. The molecule has 2 N–H and O–H groups in total. The molecule has 0 bridgehead atoms. The van der Waals surface area contributed by atoms with Crippen LogP contribution in [-0.4, -0.2) is 30.2 Å². The van der Waals surface area contributed by atoms with Gasteiger partial charge in [-0.3, -0.25) is 14.3 Å². The number of aromatic amines is 1. The Kier molecular flexibility index (Phi) is 4.43. The van der Waals surface area contributed by atoms with Crippen molar-refractivity contribution in [2.24, 2.45) is 14.1 Å². The van der Waals surface area contributed by atoms with E-state index < -0.39 is 11.2 Å². The van der Waals surface area contributed by atoms with E-state index in [0.29, 0.717) is 29.5 Å². The van der Waals surface area contributed by atoms with Gasteiger partial charge in [-0.05, 0) is 37.3 Å². The maximum absolute atomic E-state index is 12.1. The first kappa shape index (κ1) is 17.3. The number of hydrogen-bond donors (Lipinski definition) is 2. The van der Waals surface area contributed by atoms with Gasteiger partial charge in [-0.1, -0.05) is 0 Å². The Bertz CT molecular complexity index is 1090. The maximum Gasteiger partial charge on any atom is 0.329 e. The SMILES string of the molecule is Cn1c(NCc2ccnc(OC3CCCC3)c2)nc2c1c(=O)[nH]c(=O)n2C. The Morgan fingerprint density at radius 1 is 1.26 bits per heavy atom. The lowest BCUT2D eigenvalue weighted by Crippen LogP contribution is -2.29. The van der Waals surface area contributed by atoms with E-state index in [1.165, 1.54) is 17.4 Å². The number of rotatable bonds is 5. The van der Waals surface area contributed by atoms with Crippen LogP contribution in [0.2, 0.25) is 0 Å². The fourth-order valence-corrected chi connectivity index (χ4v) is 3.45. The van der Waals surface area contributed by atoms with Crippen LogP contribution in [0.15, 0.2) is 27.9 Å². The van der Waals surface area contributed by atoms with Crippen molar-refractivity contribution >= 4 is 17.1 Å². The highest BCUT2D eigenvalue weighted by Gasteiger charge is 2.17. The number of nitrogens with one attached hydrogen (secondary N) is 2. The van der Waals surface area contributed by atoms with E-state index >= 15 is 0 Å². The first-order valence-corrected chi connectivity index (χ1v) is 9.04. The summed E-state index contributed by atoms with van der Waals surface area (Å²) < 4.78 is 8.91. The molecule has 27 heavy (non-hydrogen) atoms. The number of nitrogens with zero attached hydrogens (tertiary/aromatic N) is 4. The van der Waals surface area contributed by atoms with Gasteiger partial charge in [-0.2, -0.15) is 4.98 Å². The zero-order valence-electron chi connectivity index (χ0n) is 15.4. The minimum absolute atomic E-state index is 0.258. The summed E-state index contributed by atoms with van der Waals surface area (Å²) in [6, 6.07) is 3.82. The van der Waals surface area contributed by atoms with Crippen LogP contribution >= 0.6 is 0 Å². The smallest absolute Gasteiger partial charge is 0.329 e. The molecule has 1 aliphatic carbocycles. The van der Waals surface area contributed by atoms with E-state index in [2.05, 4.69) is 20.3 Å². The van der Waals surface area contributed by atoms with Gasteiger partial charge < -0.3 is 14.6 Å². The molecule has 9 heteroatoms. The Morgan fingerprint density at radius 3 is 2.81 bits per heavy atom. The molecule has 4 rings (SSSR count). The van der Waals surface area contributed by atoms with Gasteiger partial charge in [0.05, 0.1) is 0 Å². The van der Waals surface area contributed by atoms with Crippen LogP contribution < -0.4 is 21.3 Å². The summed E-state index contributed by atoms with van der Waals surface area (Å²) in [4.78, 5) is 34.8. The number of imidazole rings is 1. The van der Waals surface area contributed by atoms with E-state index in [4.69, 9.17) is 4.74 Å². The molecule has 0 saturated heterocycles. The molecule has 3 aromatic rings. The monoisotopic (exact) mass is 370 g/mol. The fraction of sp³-hybridized carbons (Fsp3) is 0.444. The molecule has 0 radical (unpaired) electrons. The van der Waals surface area contributed by atoms with E-state index in [-0.39, 0.29) is 6.10 Å². The van der Waals surface area contributed by atoms with Gasteiger partial charge in [-0.25, -0.2) is 9.78 Å². The van der Waals surface area contributed by atoms with Crippen molar-refractivity contribution < 1.29 is 4.74 Å². The molecule has 0 spiro atoms. The molecule has 0 atom stereocenters. The maximum atomic E-state index is 12.1. The summed E-state index contributed by atoms with van der Waals surface area (Å²) in [5.74, 6) is 1.14. The summed E-state index contributed by atoms with van der Waals surface area (Å²) in [6.07, 6.45) is 6.56. The number of hydrogen-bond acceptors (Lipinski definition) is 6. The Labute approximate surface area is 155 Å². The van der Waals surface area contributed by atoms with Crippen molar-refractivity contribution in [3.8, 4) is 5.88 Å². The second kappa shape index (κ2) is 6.90. The molecule has 1 fully saturated rings. The van der Waals surface area contributed by atoms with Crippen molar-refractivity contribution in [3.63, 3.8) is 0 Å². The van der Waals surface area contributed by atoms with E-state index in [1.807, 2.05) is 12.1 Å². The standard InChI is InChI=1S/C18H22N6O3/c1-23-14-15(24(2)18(26)22-16(14)25)21-17(23)20-10-11-7-8-19-13(9-11)27-12-5-3-4-6-12/h7-9,12H,3-6,10H2,1-2H3,(H,20,21)(H,22,25,26). The zero-order chi connectivity index (χ0) is 19.0. The highest BCUT2D eigenvalue weighted by atomic mass is 16.5. The average Bonchev–Trinajstić information content (AvgIpc) is 3.26. The lowest BCUT2D eigenvalue weighted by atomic mass is 10.2. The van der Waals surface area contributed by atoms with Gasteiger partial charge in [0.25, 0.3) is 5.56 Å². The van der Waals surface area contributed by atoms with Crippen molar-refractivity contribution in [1.29, 1.82) is 0 Å².